The lowest BCUT2D eigenvalue weighted by atomic mass is 10.4. The molecule has 1 aromatic rings. The van der Waals surface area contributed by atoms with Gasteiger partial charge in [-0.3, -0.25) is 9.97 Å². The SMILES string of the molecule is CCOC(=O)NCc1cnccn1. The molecule has 0 saturated carbocycles. The molecular weight excluding hydrogens is 170 g/mol. The van der Waals surface area contributed by atoms with E-state index in [1.807, 2.05) is 0 Å². The van der Waals surface area contributed by atoms with Crippen molar-refractivity contribution >= 4 is 6.09 Å². The van der Waals surface area contributed by atoms with E-state index in [1.165, 1.54) is 0 Å². The number of nitrogens with zero attached hydrogens (tertiary/aromatic N) is 2. The summed E-state index contributed by atoms with van der Waals surface area (Å²) in [6, 6.07) is 0. The van der Waals surface area contributed by atoms with E-state index in [2.05, 4.69) is 20.0 Å². The van der Waals surface area contributed by atoms with E-state index >= 15 is 0 Å². The van der Waals surface area contributed by atoms with Crippen molar-refractivity contribution in [2.24, 2.45) is 0 Å². The first-order valence-electron chi connectivity index (χ1n) is 3.98. The summed E-state index contributed by atoms with van der Waals surface area (Å²) in [5.74, 6) is 0. The molecule has 1 amide bonds. The average Bonchev–Trinajstić information content (AvgIpc) is 2.17. The van der Waals surface area contributed by atoms with Gasteiger partial charge in [-0.1, -0.05) is 0 Å². The van der Waals surface area contributed by atoms with Gasteiger partial charge in [-0.05, 0) is 6.92 Å². The van der Waals surface area contributed by atoms with Crippen LogP contribution in [0.2, 0.25) is 0 Å². The molecule has 0 aliphatic carbocycles. The predicted molar refractivity (Wildman–Crippen MR) is 45.9 cm³/mol. The zero-order valence-corrected chi connectivity index (χ0v) is 7.36. The Morgan fingerprint density at radius 2 is 2.46 bits per heavy atom. The summed E-state index contributed by atoms with van der Waals surface area (Å²) >= 11 is 0. The maximum atomic E-state index is 10.8. The van der Waals surface area contributed by atoms with Crippen LogP contribution in [0.1, 0.15) is 12.6 Å². The minimum atomic E-state index is -0.437. The number of alkyl carbamates (subject to hydrolysis) is 1. The van der Waals surface area contributed by atoms with Crippen molar-refractivity contribution in [3.63, 3.8) is 0 Å². The van der Waals surface area contributed by atoms with E-state index in [0.29, 0.717) is 18.8 Å². The van der Waals surface area contributed by atoms with Crippen molar-refractivity contribution in [3.8, 4) is 0 Å². The van der Waals surface area contributed by atoms with Crippen molar-refractivity contribution < 1.29 is 9.53 Å². The minimum Gasteiger partial charge on any atom is -0.450 e. The van der Waals surface area contributed by atoms with Crippen LogP contribution in [0.4, 0.5) is 4.79 Å². The second-order valence-corrected chi connectivity index (χ2v) is 2.27. The van der Waals surface area contributed by atoms with Crippen LogP contribution in [0.3, 0.4) is 0 Å². The first kappa shape index (κ1) is 9.44. The summed E-state index contributed by atoms with van der Waals surface area (Å²) in [4.78, 5) is 18.7. The molecule has 1 N–H and O–H groups in total. The molecule has 0 saturated heterocycles. The summed E-state index contributed by atoms with van der Waals surface area (Å²) in [5, 5.41) is 2.54. The van der Waals surface area contributed by atoms with Gasteiger partial charge in [-0.25, -0.2) is 4.79 Å². The van der Waals surface area contributed by atoms with Crippen LogP contribution in [0.15, 0.2) is 18.6 Å². The molecule has 0 atom stereocenters. The molecule has 1 heterocycles. The van der Waals surface area contributed by atoms with Crippen LogP contribution < -0.4 is 5.32 Å². The number of rotatable bonds is 3. The predicted octanol–water partition coefficient (Wildman–Crippen LogP) is 0.723. The fraction of sp³-hybridized carbons (Fsp3) is 0.375. The molecule has 1 rings (SSSR count). The normalized spacial score (nSPS) is 9.31. The number of carbonyl (C=O) groups excluding carboxylic acids is 1. The molecule has 70 valence electrons. The average molecular weight is 181 g/mol. The monoisotopic (exact) mass is 181 g/mol. The first-order valence-corrected chi connectivity index (χ1v) is 3.98. The number of carbonyl (C=O) groups is 1. The molecule has 0 spiro atoms. The molecule has 0 fully saturated rings. The molecule has 0 aromatic carbocycles. The van der Waals surface area contributed by atoms with Gasteiger partial charge in [-0.15, -0.1) is 0 Å². The van der Waals surface area contributed by atoms with Gasteiger partial charge in [0, 0.05) is 12.4 Å². The fourth-order valence-electron chi connectivity index (χ4n) is 0.766. The van der Waals surface area contributed by atoms with Gasteiger partial charge in [0.25, 0.3) is 0 Å². The number of amides is 1. The third kappa shape index (κ3) is 3.50. The Balaban J connectivity index is 2.31. The van der Waals surface area contributed by atoms with E-state index in [9.17, 15) is 4.79 Å². The maximum absolute atomic E-state index is 10.8. The Hall–Kier alpha value is -1.65. The smallest absolute Gasteiger partial charge is 0.407 e. The number of aromatic nitrogens is 2. The molecule has 0 radical (unpaired) electrons. The van der Waals surface area contributed by atoms with E-state index in [1.54, 1.807) is 25.5 Å². The van der Waals surface area contributed by atoms with Gasteiger partial charge in [0.2, 0.25) is 0 Å². The zero-order chi connectivity index (χ0) is 9.52. The molecule has 5 heteroatoms. The Morgan fingerprint density at radius 1 is 1.62 bits per heavy atom. The van der Waals surface area contributed by atoms with Gasteiger partial charge in [0.05, 0.1) is 25.0 Å². The lowest BCUT2D eigenvalue weighted by molar-refractivity contribution is 0.151. The van der Waals surface area contributed by atoms with Gasteiger partial charge in [0.1, 0.15) is 0 Å². The fourth-order valence-corrected chi connectivity index (χ4v) is 0.766. The lowest BCUT2D eigenvalue weighted by Gasteiger charge is -2.03. The van der Waals surface area contributed by atoms with Crippen molar-refractivity contribution in [2.45, 2.75) is 13.5 Å². The highest BCUT2D eigenvalue weighted by atomic mass is 16.5. The van der Waals surface area contributed by atoms with E-state index in [0.717, 1.165) is 0 Å². The Kier molecular flexibility index (Phi) is 3.69. The second-order valence-electron chi connectivity index (χ2n) is 2.27. The molecule has 5 nitrogen and oxygen atoms in total. The number of hydrogen-bond acceptors (Lipinski definition) is 4. The van der Waals surface area contributed by atoms with Gasteiger partial charge < -0.3 is 10.1 Å². The maximum Gasteiger partial charge on any atom is 0.407 e. The van der Waals surface area contributed by atoms with Crippen molar-refractivity contribution in [1.29, 1.82) is 0 Å². The van der Waals surface area contributed by atoms with Crippen LogP contribution in [0, 0.1) is 0 Å². The number of nitrogens with one attached hydrogen (secondary N) is 1. The van der Waals surface area contributed by atoms with Gasteiger partial charge in [0.15, 0.2) is 0 Å². The van der Waals surface area contributed by atoms with Crippen molar-refractivity contribution in [2.75, 3.05) is 6.61 Å². The summed E-state index contributed by atoms with van der Waals surface area (Å²) in [6.07, 6.45) is 4.30. The van der Waals surface area contributed by atoms with E-state index < -0.39 is 6.09 Å². The molecule has 13 heavy (non-hydrogen) atoms. The Labute approximate surface area is 76.2 Å². The summed E-state index contributed by atoms with van der Waals surface area (Å²) in [7, 11) is 0. The van der Waals surface area contributed by atoms with Gasteiger partial charge >= 0.3 is 6.09 Å². The summed E-state index contributed by atoms with van der Waals surface area (Å²) < 4.78 is 4.67. The highest BCUT2D eigenvalue weighted by Crippen LogP contribution is 1.89. The highest BCUT2D eigenvalue weighted by molar-refractivity contribution is 5.66. The molecular formula is C8H11N3O2. The molecule has 0 aliphatic rings. The van der Waals surface area contributed by atoms with Crippen LogP contribution in [-0.4, -0.2) is 22.7 Å². The standard InChI is InChI=1S/C8H11N3O2/c1-2-13-8(12)11-6-7-5-9-3-4-10-7/h3-5H,2,6H2,1H3,(H,11,12). The van der Waals surface area contributed by atoms with E-state index in [-0.39, 0.29) is 0 Å². The number of ether oxygens (including phenoxy) is 1. The highest BCUT2D eigenvalue weighted by Gasteiger charge is 1.99. The Morgan fingerprint density at radius 3 is 3.08 bits per heavy atom. The molecule has 0 aliphatic heterocycles. The Bertz CT molecular complexity index is 263. The van der Waals surface area contributed by atoms with Crippen molar-refractivity contribution in [3.05, 3.63) is 24.3 Å². The third-order valence-electron chi connectivity index (χ3n) is 1.31. The minimum absolute atomic E-state index is 0.340. The molecule has 0 unspecified atom stereocenters. The van der Waals surface area contributed by atoms with Crippen LogP contribution in [-0.2, 0) is 11.3 Å². The molecule has 1 aromatic heterocycles. The van der Waals surface area contributed by atoms with Crippen LogP contribution in [0.5, 0.6) is 0 Å². The summed E-state index contributed by atoms with van der Waals surface area (Å²) in [5.41, 5.74) is 0.704. The third-order valence-corrected chi connectivity index (χ3v) is 1.31. The van der Waals surface area contributed by atoms with E-state index in [4.69, 9.17) is 0 Å². The van der Waals surface area contributed by atoms with Crippen LogP contribution in [0.25, 0.3) is 0 Å². The zero-order valence-electron chi connectivity index (χ0n) is 7.36. The van der Waals surface area contributed by atoms with Crippen molar-refractivity contribution in [1.82, 2.24) is 15.3 Å². The molecule has 0 bridgehead atoms. The summed E-state index contributed by atoms with van der Waals surface area (Å²) in [6.45, 7) is 2.46. The first-order chi connectivity index (χ1) is 6.33. The topological polar surface area (TPSA) is 64.1 Å². The number of hydrogen-bond donors (Lipinski definition) is 1. The largest absolute Gasteiger partial charge is 0.450 e. The van der Waals surface area contributed by atoms with Gasteiger partial charge in [-0.2, -0.15) is 0 Å². The van der Waals surface area contributed by atoms with Crippen LogP contribution >= 0.6 is 0 Å². The lowest BCUT2D eigenvalue weighted by Crippen LogP contribution is -2.24. The second kappa shape index (κ2) is 5.08. The quantitative estimate of drug-likeness (QED) is 0.746.